The third-order valence-corrected chi connectivity index (χ3v) is 0.639. The summed E-state index contributed by atoms with van der Waals surface area (Å²) in [5, 5.41) is 5.62. The summed E-state index contributed by atoms with van der Waals surface area (Å²) in [6.45, 7) is 0. The Morgan fingerprint density at radius 3 is 3.25 bits per heavy atom. The van der Waals surface area contributed by atoms with Crippen LogP contribution in [0.25, 0.3) is 0 Å². The predicted octanol–water partition coefficient (Wildman–Crippen LogP) is 0.243. The van der Waals surface area contributed by atoms with E-state index >= 15 is 0 Å². The van der Waals surface area contributed by atoms with Crippen molar-refractivity contribution in [3.8, 4) is 0 Å². The number of anilines is 1. The van der Waals surface area contributed by atoms with Gasteiger partial charge in [-0.1, -0.05) is 5.16 Å². The van der Waals surface area contributed by atoms with Crippen LogP contribution >= 0.6 is 0 Å². The van der Waals surface area contributed by atoms with Crippen molar-refractivity contribution in [1.82, 2.24) is 5.16 Å². The average Bonchev–Trinajstić information content (AvgIpc) is 2.19. The lowest BCUT2D eigenvalue weighted by Crippen LogP contribution is -1.89. The van der Waals surface area contributed by atoms with Gasteiger partial charge in [-0.2, -0.15) is 0 Å². The topological polar surface area (TPSA) is 55.1 Å². The van der Waals surface area contributed by atoms with Crippen molar-refractivity contribution in [3.05, 3.63) is 12.3 Å². The van der Waals surface area contributed by atoms with Crippen LogP contribution in [0.1, 0.15) is 0 Å². The Kier molecular flexibility index (Phi) is 1.27. The molecule has 0 aliphatic carbocycles. The lowest BCUT2D eigenvalue weighted by molar-refractivity contribution is -0.105. The molecule has 1 amide bonds. The van der Waals surface area contributed by atoms with E-state index in [0.717, 1.165) is 0 Å². The van der Waals surface area contributed by atoms with Crippen molar-refractivity contribution in [2.24, 2.45) is 0 Å². The minimum Gasteiger partial charge on any atom is -0.338 e. The van der Waals surface area contributed by atoms with Crippen molar-refractivity contribution < 1.29 is 9.32 Å². The predicted molar refractivity (Wildman–Crippen MR) is 26.2 cm³/mol. The number of amides is 1. The number of carbonyl (C=O) groups excluding carboxylic acids is 1. The molecule has 1 aromatic rings. The molecule has 1 aromatic heterocycles. The molecular formula is C4H4N2O2. The first-order valence-corrected chi connectivity index (χ1v) is 2.04. The fourth-order valence-electron chi connectivity index (χ4n) is 0.348. The van der Waals surface area contributed by atoms with E-state index in [4.69, 9.17) is 0 Å². The average molecular weight is 112 g/mol. The summed E-state index contributed by atoms with van der Waals surface area (Å²) in [7, 11) is 0. The Morgan fingerprint density at radius 2 is 2.75 bits per heavy atom. The highest BCUT2D eigenvalue weighted by atomic mass is 16.5. The molecule has 4 nitrogen and oxygen atoms in total. The van der Waals surface area contributed by atoms with E-state index in [2.05, 4.69) is 15.0 Å². The molecule has 0 saturated heterocycles. The molecule has 0 atom stereocenters. The van der Waals surface area contributed by atoms with Crippen LogP contribution in [0.4, 0.5) is 5.88 Å². The van der Waals surface area contributed by atoms with Gasteiger partial charge < -0.3 is 4.52 Å². The second-order valence-electron chi connectivity index (χ2n) is 1.14. The lowest BCUT2D eigenvalue weighted by atomic mass is 10.7. The molecular weight excluding hydrogens is 108 g/mol. The van der Waals surface area contributed by atoms with Crippen LogP contribution in [-0.4, -0.2) is 11.6 Å². The quantitative estimate of drug-likeness (QED) is 0.557. The van der Waals surface area contributed by atoms with Gasteiger partial charge in [-0.3, -0.25) is 10.1 Å². The van der Waals surface area contributed by atoms with Gasteiger partial charge in [-0.05, 0) is 0 Å². The van der Waals surface area contributed by atoms with Crippen molar-refractivity contribution in [2.45, 2.75) is 0 Å². The van der Waals surface area contributed by atoms with Crippen molar-refractivity contribution in [2.75, 3.05) is 5.32 Å². The van der Waals surface area contributed by atoms with Gasteiger partial charge in [0.05, 0.1) is 6.20 Å². The minimum atomic E-state index is 0.361. The normalized spacial score (nSPS) is 8.50. The van der Waals surface area contributed by atoms with Crippen LogP contribution < -0.4 is 5.32 Å². The van der Waals surface area contributed by atoms with Gasteiger partial charge in [-0.25, -0.2) is 0 Å². The highest BCUT2D eigenvalue weighted by Crippen LogP contribution is 1.99. The fourth-order valence-corrected chi connectivity index (χ4v) is 0.348. The van der Waals surface area contributed by atoms with Crippen LogP contribution in [0.15, 0.2) is 16.8 Å². The number of hydrogen-bond donors (Lipinski definition) is 1. The minimum absolute atomic E-state index is 0.361. The van der Waals surface area contributed by atoms with Crippen LogP contribution in [0.5, 0.6) is 0 Å². The van der Waals surface area contributed by atoms with Gasteiger partial charge in [0.1, 0.15) is 0 Å². The largest absolute Gasteiger partial charge is 0.338 e. The Balaban J connectivity index is 2.62. The van der Waals surface area contributed by atoms with E-state index in [1.54, 1.807) is 6.07 Å². The molecule has 0 saturated carbocycles. The van der Waals surface area contributed by atoms with E-state index in [-0.39, 0.29) is 0 Å². The van der Waals surface area contributed by atoms with Gasteiger partial charge in [0, 0.05) is 6.07 Å². The van der Waals surface area contributed by atoms with Crippen LogP contribution in [0.3, 0.4) is 0 Å². The SMILES string of the molecule is O=CNc1ccno1. The van der Waals surface area contributed by atoms with Crippen LogP contribution in [0, 0.1) is 0 Å². The fraction of sp³-hybridized carbons (Fsp3) is 0. The Morgan fingerprint density at radius 1 is 1.88 bits per heavy atom. The van der Waals surface area contributed by atoms with Gasteiger partial charge in [0.25, 0.3) is 0 Å². The van der Waals surface area contributed by atoms with Gasteiger partial charge >= 0.3 is 0 Å². The van der Waals surface area contributed by atoms with Gasteiger partial charge in [-0.15, -0.1) is 0 Å². The third-order valence-electron chi connectivity index (χ3n) is 0.639. The summed E-state index contributed by atoms with van der Waals surface area (Å²) in [6.07, 6.45) is 1.98. The first-order chi connectivity index (χ1) is 3.93. The molecule has 42 valence electrons. The molecule has 0 fully saturated rings. The summed E-state index contributed by atoms with van der Waals surface area (Å²) in [6, 6.07) is 1.55. The second-order valence-corrected chi connectivity index (χ2v) is 1.14. The second kappa shape index (κ2) is 2.11. The maximum absolute atomic E-state index is 9.67. The standard InChI is InChI=1S/C4H4N2O2/c7-3-5-4-1-2-6-8-4/h1-3H,(H,5,7). The Hall–Kier alpha value is -1.32. The zero-order valence-electron chi connectivity index (χ0n) is 4.00. The number of nitrogens with zero attached hydrogens (tertiary/aromatic N) is 1. The molecule has 0 aliphatic heterocycles. The van der Waals surface area contributed by atoms with Gasteiger partial charge in [0.15, 0.2) is 0 Å². The van der Waals surface area contributed by atoms with E-state index in [1.807, 2.05) is 0 Å². The first-order valence-electron chi connectivity index (χ1n) is 2.04. The molecule has 1 rings (SSSR count). The molecule has 0 radical (unpaired) electrons. The number of hydrogen-bond acceptors (Lipinski definition) is 3. The zero-order chi connectivity index (χ0) is 5.82. The summed E-state index contributed by atoms with van der Waals surface area (Å²) >= 11 is 0. The number of aromatic nitrogens is 1. The van der Waals surface area contributed by atoms with Crippen molar-refractivity contribution in [1.29, 1.82) is 0 Å². The number of nitrogens with one attached hydrogen (secondary N) is 1. The van der Waals surface area contributed by atoms with E-state index in [0.29, 0.717) is 12.3 Å². The number of rotatable bonds is 2. The molecule has 1 N–H and O–H groups in total. The Labute approximate surface area is 45.5 Å². The molecule has 8 heavy (non-hydrogen) atoms. The summed E-state index contributed by atoms with van der Waals surface area (Å²) in [5.41, 5.74) is 0. The van der Waals surface area contributed by atoms with Crippen LogP contribution in [0.2, 0.25) is 0 Å². The monoisotopic (exact) mass is 112 g/mol. The van der Waals surface area contributed by atoms with Crippen molar-refractivity contribution >= 4 is 12.3 Å². The molecule has 0 unspecified atom stereocenters. The molecule has 0 aromatic carbocycles. The summed E-state index contributed by atoms with van der Waals surface area (Å²) in [5.74, 6) is 0.361. The van der Waals surface area contributed by atoms with E-state index in [9.17, 15) is 4.79 Å². The number of carbonyl (C=O) groups is 1. The Bertz CT molecular complexity index is 159. The molecule has 0 spiro atoms. The summed E-state index contributed by atoms with van der Waals surface area (Å²) < 4.78 is 4.48. The van der Waals surface area contributed by atoms with Crippen molar-refractivity contribution in [3.63, 3.8) is 0 Å². The molecule has 0 bridgehead atoms. The molecule has 4 heteroatoms. The van der Waals surface area contributed by atoms with Crippen LogP contribution in [-0.2, 0) is 4.79 Å². The van der Waals surface area contributed by atoms with E-state index < -0.39 is 0 Å². The molecule has 1 heterocycles. The maximum atomic E-state index is 9.67. The lowest BCUT2D eigenvalue weighted by Gasteiger charge is -1.82. The molecule has 0 aliphatic rings. The zero-order valence-corrected chi connectivity index (χ0v) is 4.00. The maximum Gasteiger partial charge on any atom is 0.230 e. The smallest absolute Gasteiger partial charge is 0.230 e. The van der Waals surface area contributed by atoms with Gasteiger partial charge in [0.2, 0.25) is 12.3 Å². The third kappa shape index (κ3) is 0.841. The first kappa shape index (κ1) is 4.83. The van der Waals surface area contributed by atoms with E-state index in [1.165, 1.54) is 6.20 Å². The highest BCUT2D eigenvalue weighted by molar-refractivity contribution is 5.67. The highest BCUT2D eigenvalue weighted by Gasteiger charge is 1.88. The summed E-state index contributed by atoms with van der Waals surface area (Å²) in [4.78, 5) is 9.67.